The van der Waals surface area contributed by atoms with Gasteiger partial charge in [0.2, 0.25) is 15.9 Å². The highest BCUT2D eigenvalue weighted by atomic mass is 32.2. The number of nitrogens with zero attached hydrogens (tertiary/aromatic N) is 3. The maximum absolute atomic E-state index is 13.3. The number of aromatic nitrogens is 2. The minimum atomic E-state index is -3.64. The van der Waals surface area contributed by atoms with Crippen LogP contribution in [0.3, 0.4) is 0 Å². The Balaban J connectivity index is 1.54. The van der Waals surface area contributed by atoms with Crippen molar-refractivity contribution in [3.05, 3.63) is 11.4 Å². The number of carbonyl (C=O) groups excluding carboxylic acids is 1. The summed E-state index contributed by atoms with van der Waals surface area (Å²) >= 11 is 0. The molecule has 9 heteroatoms. The average molecular weight is 396 g/mol. The lowest BCUT2D eigenvalue weighted by molar-refractivity contribution is -0.139. The van der Waals surface area contributed by atoms with E-state index in [0.717, 1.165) is 38.8 Å². The number of carbonyl (C=O) groups is 1. The zero-order chi connectivity index (χ0) is 19.2. The largest absolute Gasteiger partial charge is 0.335 e. The Morgan fingerprint density at radius 2 is 1.93 bits per heavy atom. The molecule has 8 nitrogen and oxygen atoms in total. The first-order chi connectivity index (χ1) is 12.9. The molecule has 0 aromatic carbocycles. The summed E-state index contributed by atoms with van der Waals surface area (Å²) in [5, 5.41) is 10.2. The van der Waals surface area contributed by atoms with Crippen LogP contribution in [0.15, 0.2) is 4.90 Å². The van der Waals surface area contributed by atoms with Crippen LogP contribution in [0.4, 0.5) is 0 Å². The molecule has 2 N–H and O–H groups in total. The molecule has 3 aliphatic heterocycles. The van der Waals surface area contributed by atoms with Crippen LogP contribution in [0.1, 0.15) is 43.5 Å². The third-order valence-electron chi connectivity index (χ3n) is 6.30. The van der Waals surface area contributed by atoms with E-state index in [1.807, 2.05) is 0 Å². The zero-order valence-corrected chi connectivity index (χ0v) is 16.9. The van der Waals surface area contributed by atoms with Crippen LogP contribution >= 0.6 is 0 Å². The lowest BCUT2D eigenvalue weighted by Crippen LogP contribution is -2.50. The summed E-state index contributed by atoms with van der Waals surface area (Å²) in [5.74, 6) is -0.103. The van der Waals surface area contributed by atoms with Gasteiger partial charge in [-0.15, -0.1) is 0 Å². The molecule has 0 spiro atoms. The van der Waals surface area contributed by atoms with Gasteiger partial charge >= 0.3 is 0 Å². The number of hydrogen-bond donors (Lipinski definition) is 2. The first kappa shape index (κ1) is 18.9. The zero-order valence-electron chi connectivity index (χ0n) is 16.1. The molecule has 1 aromatic heterocycles. The van der Waals surface area contributed by atoms with Gasteiger partial charge in [0.05, 0.1) is 17.3 Å². The predicted octanol–water partition coefficient (Wildman–Crippen LogP) is 0.780. The van der Waals surface area contributed by atoms with E-state index in [-0.39, 0.29) is 29.3 Å². The van der Waals surface area contributed by atoms with E-state index in [1.54, 1.807) is 13.8 Å². The molecule has 1 aromatic rings. The molecule has 3 fully saturated rings. The standard InChI is InChI=1S/C18H29N5O3S/c1-12-17(13(2)21-20-12)27(25,26)22-9-3-4-14(11-22)18(24)23-15-5-6-16(23)10-19-8-7-15/h14-16,19H,3-11H2,1-2H3,(H,20,21). The molecule has 3 unspecified atom stereocenters. The summed E-state index contributed by atoms with van der Waals surface area (Å²) in [6, 6.07) is 0.568. The quantitative estimate of drug-likeness (QED) is 0.788. The molecule has 0 aliphatic carbocycles. The number of fused-ring (bicyclic) bond motifs is 2. The second-order valence-corrected chi connectivity index (χ2v) is 9.96. The topological polar surface area (TPSA) is 98.4 Å². The van der Waals surface area contributed by atoms with Gasteiger partial charge in [0, 0.05) is 31.7 Å². The Morgan fingerprint density at radius 1 is 1.15 bits per heavy atom. The molecular formula is C18H29N5O3S. The van der Waals surface area contributed by atoms with Gasteiger partial charge in [-0.05, 0) is 52.5 Å². The van der Waals surface area contributed by atoms with Crippen molar-refractivity contribution in [2.75, 3.05) is 26.2 Å². The Labute approximate surface area is 160 Å². The second-order valence-electron chi connectivity index (χ2n) is 8.09. The minimum absolute atomic E-state index is 0.145. The Hall–Kier alpha value is -1.45. The number of aromatic amines is 1. The van der Waals surface area contributed by atoms with Crippen LogP contribution in [0.5, 0.6) is 0 Å². The fraction of sp³-hybridized carbons (Fsp3) is 0.778. The van der Waals surface area contributed by atoms with Crippen molar-refractivity contribution in [1.82, 2.24) is 24.7 Å². The smallest absolute Gasteiger partial charge is 0.246 e. The summed E-state index contributed by atoms with van der Waals surface area (Å²) in [7, 11) is -3.64. The van der Waals surface area contributed by atoms with E-state index in [1.165, 1.54) is 4.31 Å². The number of aryl methyl sites for hydroxylation is 2. The van der Waals surface area contributed by atoms with Crippen LogP contribution in [0.2, 0.25) is 0 Å². The van der Waals surface area contributed by atoms with Crippen LogP contribution < -0.4 is 5.32 Å². The molecule has 3 aliphatic rings. The molecule has 0 saturated carbocycles. The first-order valence-electron chi connectivity index (χ1n) is 9.94. The van der Waals surface area contributed by atoms with Gasteiger partial charge in [0.1, 0.15) is 4.90 Å². The fourth-order valence-corrected chi connectivity index (χ4v) is 6.82. The van der Waals surface area contributed by atoms with Crippen molar-refractivity contribution in [3.8, 4) is 0 Å². The normalized spacial score (nSPS) is 29.7. The van der Waals surface area contributed by atoms with Gasteiger partial charge in [0.25, 0.3) is 0 Å². The van der Waals surface area contributed by atoms with E-state index < -0.39 is 10.0 Å². The molecule has 4 heterocycles. The third kappa shape index (κ3) is 3.30. The molecule has 1 amide bonds. The molecule has 2 bridgehead atoms. The molecule has 27 heavy (non-hydrogen) atoms. The Bertz CT molecular complexity index is 787. The summed E-state index contributed by atoms with van der Waals surface area (Å²) in [4.78, 5) is 15.7. The predicted molar refractivity (Wildman–Crippen MR) is 101 cm³/mol. The van der Waals surface area contributed by atoms with Gasteiger partial charge < -0.3 is 10.2 Å². The number of amides is 1. The van der Waals surface area contributed by atoms with Crippen molar-refractivity contribution in [3.63, 3.8) is 0 Å². The number of rotatable bonds is 3. The van der Waals surface area contributed by atoms with Crippen molar-refractivity contribution in [2.45, 2.75) is 62.9 Å². The van der Waals surface area contributed by atoms with Crippen LogP contribution in [0.25, 0.3) is 0 Å². The number of piperidine rings is 1. The number of nitrogens with one attached hydrogen (secondary N) is 2. The highest BCUT2D eigenvalue weighted by Crippen LogP contribution is 2.33. The number of sulfonamides is 1. The van der Waals surface area contributed by atoms with E-state index in [0.29, 0.717) is 30.4 Å². The highest BCUT2D eigenvalue weighted by molar-refractivity contribution is 7.89. The fourth-order valence-electron chi connectivity index (χ4n) is 4.97. The van der Waals surface area contributed by atoms with Crippen LogP contribution in [-0.2, 0) is 14.8 Å². The molecule has 3 atom stereocenters. The van der Waals surface area contributed by atoms with Gasteiger partial charge in [-0.3, -0.25) is 9.89 Å². The van der Waals surface area contributed by atoms with E-state index >= 15 is 0 Å². The highest BCUT2D eigenvalue weighted by Gasteiger charge is 2.43. The van der Waals surface area contributed by atoms with Gasteiger partial charge in [-0.25, -0.2) is 8.42 Å². The number of hydrogen-bond acceptors (Lipinski definition) is 5. The van der Waals surface area contributed by atoms with Crippen LogP contribution in [0, 0.1) is 19.8 Å². The summed E-state index contributed by atoms with van der Waals surface area (Å²) < 4.78 is 27.8. The van der Waals surface area contributed by atoms with Crippen molar-refractivity contribution < 1.29 is 13.2 Å². The first-order valence-corrected chi connectivity index (χ1v) is 11.4. The number of H-pyrrole nitrogens is 1. The Kier molecular flexibility index (Phi) is 5.02. The van der Waals surface area contributed by atoms with Gasteiger partial charge in [-0.1, -0.05) is 0 Å². The molecule has 3 saturated heterocycles. The van der Waals surface area contributed by atoms with Gasteiger partial charge in [-0.2, -0.15) is 9.40 Å². The van der Waals surface area contributed by atoms with E-state index in [4.69, 9.17) is 0 Å². The van der Waals surface area contributed by atoms with Gasteiger partial charge in [0.15, 0.2) is 0 Å². The summed E-state index contributed by atoms with van der Waals surface area (Å²) in [5.41, 5.74) is 1.04. The minimum Gasteiger partial charge on any atom is -0.335 e. The maximum atomic E-state index is 13.3. The lowest BCUT2D eigenvalue weighted by atomic mass is 9.97. The summed E-state index contributed by atoms with van der Waals surface area (Å²) in [6.07, 6.45) is 4.58. The SMILES string of the molecule is Cc1n[nH]c(C)c1S(=O)(=O)N1CCCC(C(=O)N2C3CCNCC2CC3)C1. The third-order valence-corrected chi connectivity index (χ3v) is 8.43. The molecule has 0 radical (unpaired) electrons. The van der Waals surface area contributed by atoms with Crippen molar-refractivity contribution in [1.29, 1.82) is 0 Å². The monoisotopic (exact) mass is 395 g/mol. The molecule has 150 valence electrons. The second kappa shape index (κ2) is 7.18. The lowest BCUT2D eigenvalue weighted by Gasteiger charge is -2.36. The molecule has 4 rings (SSSR count). The summed E-state index contributed by atoms with van der Waals surface area (Å²) in [6.45, 7) is 5.96. The average Bonchev–Trinajstić information content (AvgIpc) is 3.11. The van der Waals surface area contributed by atoms with E-state index in [9.17, 15) is 13.2 Å². The van der Waals surface area contributed by atoms with Crippen molar-refractivity contribution >= 4 is 15.9 Å². The Morgan fingerprint density at radius 3 is 2.67 bits per heavy atom. The van der Waals surface area contributed by atoms with E-state index in [2.05, 4.69) is 20.4 Å². The molecular weight excluding hydrogens is 366 g/mol. The maximum Gasteiger partial charge on any atom is 0.246 e. The van der Waals surface area contributed by atoms with Crippen molar-refractivity contribution in [2.24, 2.45) is 5.92 Å². The van der Waals surface area contributed by atoms with Crippen LogP contribution in [-0.4, -0.2) is 72.0 Å².